The van der Waals surface area contributed by atoms with Crippen LogP contribution in [-0.2, 0) is 9.53 Å². The maximum absolute atomic E-state index is 11.6. The third-order valence-corrected chi connectivity index (χ3v) is 2.39. The minimum Gasteiger partial charge on any atom is -0.369 e. The molecule has 1 amide bonds. The highest BCUT2D eigenvalue weighted by Gasteiger charge is 2.30. The van der Waals surface area contributed by atoms with Crippen LogP contribution in [0.5, 0.6) is 0 Å². The third kappa shape index (κ3) is 3.80. The summed E-state index contributed by atoms with van der Waals surface area (Å²) >= 11 is 0. The van der Waals surface area contributed by atoms with Crippen molar-refractivity contribution in [2.75, 3.05) is 13.7 Å². The Labute approximate surface area is 86.2 Å². The van der Waals surface area contributed by atoms with Crippen LogP contribution in [0.15, 0.2) is 0 Å². The summed E-state index contributed by atoms with van der Waals surface area (Å²) in [7, 11) is 1.55. The first-order valence-corrected chi connectivity index (χ1v) is 4.87. The Balaban J connectivity index is 3.89. The Morgan fingerprint density at radius 1 is 1.64 bits per heavy atom. The molecular formula is C11H19NO2. The van der Waals surface area contributed by atoms with Gasteiger partial charge in [0.25, 0.3) is 5.91 Å². The summed E-state index contributed by atoms with van der Waals surface area (Å²) in [5, 5.41) is 2.80. The van der Waals surface area contributed by atoms with Crippen molar-refractivity contribution in [3.63, 3.8) is 0 Å². The van der Waals surface area contributed by atoms with Crippen LogP contribution in [0.1, 0.15) is 33.1 Å². The highest BCUT2D eigenvalue weighted by Crippen LogP contribution is 2.13. The number of nitrogens with one attached hydrogen (secondary N) is 1. The van der Waals surface area contributed by atoms with E-state index in [1.807, 2.05) is 6.92 Å². The van der Waals surface area contributed by atoms with E-state index in [2.05, 4.69) is 11.2 Å². The van der Waals surface area contributed by atoms with E-state index in [0.717, 1.165) is 6.42 Å². The average molecular weight is 197 g/mol. The molecule has 3 heteroatoms. The maximum Gasteiger partial charge on any atom is 0.251 e. The number of hydrogen-bond acceptors (Lipinski definition) is 2. The number of unbranched alkanes of at least 4 members (excludes halogenated alkanes) is 1. The van der Waals surface area contributed by atoms with E-state index in [4.69, 9.17) is 11.2 Å². The molecule has 0 aliphatic rings. The fourth-order valence-electron chi connectivity index (χ4n) is 0.977. The molecule has 0 spiro atoms. The molecular weight excluding hydrogens is 178 g/mol. The number of amides is 1. The van der Waals surface area contributed by atoms with Gasteiger partial charge in [-0.2, -0.15) is 0 Å². The van der Waals surface area contributed by atoms with Crippen LogP contribution >= 0.6 is 0 Å². The van der Waals surface area contributed by atoms with Crippen molar-refractivity contribution >= 4 is 5.91 Å². The Kier molecular flexibility index (Phi) is 5.98. The first-order chi connectivity index (χ1) is 6.60. The monoisotopic (exact) mass is 197 g/mol. The van der Waals surface area contributed by atoms with Crippen molar-refractivity contribution < 1.29 is 9.53 Å². The molecule has 1 atom stereocenters. The van der Waals surface area contributed by atoms with Crippen molar-refractivity contribution in [1.29, 1.82) is 0 Å². The summed E-state index contributed by atoms with van der Waals surface area (Å²) in [5.41, 5.74) is -0.712. The van der Waals surface area contributed by atoms with Crippen molar-refractivity contribution in [3.05, 3.63) is 0 Å². The van der Waals surface area contributed by atoms with Crippen LogP contribution in [0.2, 0.25) is 0 Å². The second-order valence-corrected chi connectivity index (χ2v) is 3.35. The standard InChI is InChI=1S/C11H19NO2/c1-5-7-8-9-12-10(13)11(3,6-2)14-4/h1H,6-9H2,2-4H3,(H,12,13). The fourth-order valence-corrected chi connectivity index (χ4v) is 0.977. The average Bonchev–Trinajstić information content (AvgIpc) is 2.22. The molecule has 0 saturated heterocycles. The van der Waals surface area contributed by atoms with Crippen molar-refractivity contribution in [2.24, 2.45) is 0 Å². The van der Waals surface area contributed by atoms with Gasteiger partial charge >= 0.3 is 0 Å². The summed E-state index contributed by atoms with van der Waals surface area (Å²) in [6, 6.07) is 0. The molecule has 0 aliphatic carbocycles. The molecule has 80 valence electrons. The van der Waals surface area contributed by atoms with Gasteiger partial charge in [0.05, 0.1) is 0 Å². The molecule has 0 aromatic rings. The predicted octanol–water partition coefficient (Wildman–Crippen LogP) is 1.33. The fraction of sp³-hybridized carbons (Fsp3) is 0.727. The van der Waals surface area contributed by atoms with Crippen molar-refractivity contribution in [1.82, 2.24) is 5.32 Å². The summed E-state index contributed by atoms with van der Waals surface area (Å²) in [6.07, 6.45) is 7.26. The van der Waals surface area contributed by atoms with Crippen molar-refractivity contribution in [2.45, 2.75) is 38.7 Å². The quantitative estimate of drug-likeness (QED) is 0.515. The Bertz CT molecular complexity index is 214. The number of carbonyl (C=O) groups excluding carboxylic acids is 1. The summed E-state index contributed by atoms with van der Waals surface area (Å²) in [4.78, 5) is 11.6. The van der Waals surface area contributed by atoms with Crippen LogP contribution in [-0.4, -0.2) is 25.2 Å². The van der Waals surface area contributed by atoms with E-state index < -0.39 is 5.60 Å². The van der Waals surface area contributed by atoms with E-state index >= 15 is 0 Å². The zero-order valence-electron chi connectivity index (χ0n) is 9.22. The molecule has 0 fully saturated rings. The minimum absolute atomic E-state index is 0.0699. The first kappa shape index (κ1) is 13.0. The zero-order valence-corrected chi connectivity index (χ0v) is 9.22. The zero-order chi connectivity index (χ0) is 11.0. The van der Waals surface area contributed by atoms with Gasteiger partial charge in [0.15, 0.2) is 0 Å². The highest BCUT2D eigenvalue weighted by molar-refractivity contribution is 5.84. The number of hydrogen-bond donors (Lipinski definition) is 1. The Hall–Kier alpha value is -1.01. The normalized spacial score (nSPS) is 14.1. The van der Waals surface area contributed by atoms with Crippen molar-refractivity contribution in [3.8, 4) is 12.3 Å². The molecule has 0 heterocycles. The molecule has 1 unspecified atom stereocenters. The molecule has 3 nitrogen and oxygen atoms in total. The molecule has 14 heavy (non-hydrogen) atoms. The smallest absolute Gasteiger partial charge is 0.251 e. The number of ether oxygens (including phenoxy) is 1. The van der Waals surface area contributed by atoms with Crippen LogP contribution in [0.25, 0.3) is 0 Å². The third-order valence-electron chi connectivity index (χ3n) is 2.39. The van der Waals surface area contributed by atoms with Gasteiger partial charge in [-0.3, -0.25) is 4.79 Å². The molecule has 0 aromatic heterocycles. The molecule has 0 aliphatic heterocycles. The van der Waals surface area contributed by atoms with Crippen LogP contribution in [0.4, 0.5) is 0 Å². The number of carbonyl (C=O) groups is 1. The lowest BCUT2D eigenvalue weighted by Crippen LogP contribution is -2.45. The lowest BCUT2D eigenvalue weighted by molar-refractivity contribution is -0.141. The highest BCUT2D eigenvalue weighted by atomic mass is 16.5. The molecule has 0 bridgehead atoms. The SMILES string of the molecule is C#CCCCNC(=O)C(C)(CC)OC. The molecule has 0 rings (SSSR count). The van der Waals surface area contributed by atoms with E-state index in [1.54, 1.807) is 14.0 Å². The maximum atomic E-state index is 11.6. The van der Waals surface area contributed by atoms with Crippen LogP contribution < -0.4 is 5.32 Å². The first-order valence-electron chi connectivity index (χ1n) is 4.87. The van der Waals surface area contributed by atoms with Gasteiger partial charge in [0.2, 0.25) is 0 Å². The van der Waals surface area contributed by atoms with Crippen LogP contribution in [0.3, 0.4) is 0 Å². The van der Waals surface area contributed by atoms with Gasteiger partial charge in [-0.25, -0.2) is 0 Å². The lowest BCUT2D eigenvalue weighted by atomic mass is 10.0. The topological polar surface area (TPSA) is 38.3 Å². The van der Waals surface area contributed by atoms with Gasteiger partial charge < -0.3 is 10.1 Å². The van der Waals surface area contributed by atoms with E-state index in [0.29, 0.717) is 19.4 Å². The van der Waals surface area contributed by atoms with Gasteiger partial charge in [0, 0.05) is 20.1 Å². The van der Waals surface area contributed by atoms with E-state index in [-0.39, 0.29) is 5.91 Å². The summed E-state index contributed by atoms with van der Waals surface area (Å²) in [5.74, 6) is 2.46. The van der Waals surface area contributed by atoms with Gasteiger partial charge in [-0.05, 0) is 19.8 Å². The van der Waals surface area contributed by atoms with Crippen LogP contribution in [0, 0.1) is 12.3 Å². The van der Waals surface area contributed by atoms with Gasteiger partial charge in [-0.1, -0.05) is 6.92 Å². The van der Waals surface area contributed by atoms with E-state index in [1.165, 1.54) is 0 Å². The number of rotatable bonds is 6. The Morgan fingerprint density at radius 2 is 2.29 bits per heavy atom. The van der Waals surface area contributed by atoms with E-state index in [9.17, 15) is 4.79 Å². The summed E-state index contributed by atoms with van der Waals surface area (Å²) < 4.78 is 5.15. The molecule has 0 saturated carbocycles. The lowest BCUT2D eigenvalue weighted by Gasteiger charge is -2.25. The second-order valence-electron chi connectivity index (χ2n) is 3.35. The molecule has 1 N–H and O–H groups in total. The molecule has 0 aromatic carbocycles. The number of terminal acetylenes is 1. The Morgan fingerprint density at radius 3 is 2.71 bits per heavy atom. The number of methoxy groups -OCH3 is 1. The largest absolute Gasteiger partial charge is 0.369 e. The summed E-state index contributed by atoms with van der Waals surface area (Å²) in [6.45, 7) is 4.32. The minimum atomic E-state index is -0.712. The molecule has 0 radical (unpaired) electrons. The van der Waals surface area contributed by atoms with Gasteiger partial charge in [0.1, 0.15) is 5.60 Å². The predicted molar refractivity (Wildman–Crippen MR) is 56.8 cm³/mol. The second kappa shape index (κ2) is 6.44. The van der Waals surface area contributed by atoms with Gasteiger partial charge in [-0.15, -0.1) is 12.3 Å².